The number of para-hydroxylation sites is 1. The second kappa shape index (κ2) is 6.88. The number of carboxylic acid groups (broad SMARTS) is 1. The lowest BCUT2D eigenvalue weighted by atomic mass is 9.86. The van der Waals surface area contributed by atoms with Gasteiger partial charge in [0.25, 0.3) is 5.91 Å². The van der Waals surface area contributed by atoms with E-state index >= 15 is 0 Å². The molecule has 1 amide bonds. The Morgan fingerprint density at radius 1 is 1.30 bits per heavy atom. The standard InChI is InChI=1S/C18H19F3N2O4/c1-27-9-8-22-10-13(12-4-2-3-5-14(12)22)15(24)23-7-6-17(11-23,16(25)26)18(19,20)21/h2-5,10H,6-9,11H2,1H3,(H,25,26). The number of benzene rings is 1. The number of rotatable bonds is 5. The van der Waals surface area contributed by atoms with Gasteiger partial charge in [-0.15, -0.1) is 0 Å². The van der Waals surface area contributed by atoms with Gasteiger partial charge in [-0.05, 0) is 12.5 Å². The molecule has 1 aromatic heterocycles. The van der Waals surface area contributed by atoms with Crippen LogP contribution in [0.2, 0.25) is 0 Å². The van der Waals surface area contributed by atoms with Gasteiger partial charge in [0.05, 0.1) is 12.2 Å². The van der Waals surface area contributed by atoms with Gasteiger partial charge in [-0.3, -0.25) is 9.59 Å². The number of ether oxygens (including phenoxy) is 1. The maximum atomic E-state index is 13.4. The number of hydrogen-bond acceptors (Lipinski definition) is 3. The van der Waals surface area contributed by atoms with Gasteiger partial charge in [0.15, 0.2) is 5.41 Å². The third-order valence-electron chi connectivity index (χ3n) is 5.06. The molecule has 2 aromatic rings. The highest BCUT2D eigenvalue weighted by molar-refractivity contribution is 6.07. The van der Waals surface area contributed by atoms with E-state index in [9.17, 15) is 22.8 Å². The van der Waals surface area contributed by atoms with Crippen molar-refractivity contribution in [3.05, 3.63) is 36.0 Å². The largest absolute Gasteiger partial charge is 0.481 e. The summed E-state index contributed by atoms with van der Waals surface area (Å²) in [4.78, 5) is 25.2. The van der Waals surface area contributed by atoms with Crippen LogP contribution in [-0.2, 0) is 16.1 Å². The maximum absolute atomic E-state index is 13.4. The Hall–Kier alpha value is -2.55. The van der Waals surface area contributed by atoms with E-state index in [0.29, 0.717) is 18.5 Å². The highest BCUT2D eigenvalue weighted by Crippen LogP contribution is 2.46. The number of fused-ring (bicyclic) bond motifs is 1. The van der Waals surface area contributed by atoms with Crippen molar-refractivity contribution in [1.82, 2.24) is 9.47 Å². The lowest BCUT2D eigenvalue weighted by Gasteiger charge is -2.27. The minimum Gasteiger partial charge on any atom is -0.481 e. The topological polar surface area (TPSA) is 71.8 Å². The molecule has 1 aliphatic heterocycles. The number of methoxy groups -OCH3 is 1. The van der Waals surface area contributed by atoms with E-state index in [0.717, 1.165) is 10.4 Å². The lowest BCUT2D eigenvalue weighted by Crippen LogP contribution is -2.47. The molecule has 1 atom stereocenters. The number of likely N-dealkylation sites (tertiary alicyclic amines) is 1. The molecule has 0 bridgehead atoms. The third kappa shape index (κ3) is 3.16. The first-order chi connectivity index (χ1) is 12.7. The van der Waals surface area contributed by atoms with Crippen LogP contribution in [-0.4, -0.2) is 59.4 Å². The van der Waals surface area contributed by atoms with Crippen LogP contribution in [0.1, 0.15) is 16.8 Å². The number of amides is 1. The molecule has 0 radical (unpaired) electrons. The van der Waals surface area contributed by atoms with Crippen molar-refractivity contribution in [3.63, 3.8) is 0 Å². The molecular weight excluding hydrogens is 365 g/mol. The molecule has 1 unspecified atom stereocenters. The van der Waals surface area contributed by atoms with Crippen LogP contribution >= 0.6 is 0 Å². The average Bonchev–Trinajstić information content (AvgIpc) is 3.22. The second-order valence-corrected chi connectivity index (χ2v) is 6.61. The molecule has 9 heteroatoms. The first kappa shape index (κ1) is 19.2. The molecule has 1 N–H and O–H groups in total. The molecule has 6 nitrogen and oxygen atoms in total. The molecule has 1 aromatic carbocycles. The van der Waals surface area contributed by atoms with Crippen molar-refractivity contribution < 1.29 is 32.6 Å². The Balaban J connectivity index is 1.94. The lowest BCUT2D eigenvalue weighted by molar-refractivity contribution is -0.227. The third-order valence-corrected chi connectivity index (χ3v) is 5.06. The summed E-state index contributed by atoms with van der Waals surface area (Å²) in [7, 11) is 1.55. The van der Waals surface area contributed by atoms with Crippen molar-refractivity contribution in [2.75, 3.05) is 26.8 Å². The van der Waals surface area contributed by atoms with Crippen molar-refractivity contribution in [2.45, 2.75) is 19.1 Å². The smallest absolute Gasteiger partial charge is 0.406 e. The zero-order valence-electron chi connectivity index (χ0n) is 14.6. The minimum atomic E-state index is -4.93. The number of hydrogen-bond donors (Lipinski definition) is 1. The Bertz CT molecular complexity index is 877. The normalized spacial score (nSPS) is 20.4. The Morgan fingerprint density at radius 2 is 2.00 bits per heavy atom. The number of halogens is 3. The predicted octanol–water partition coefficient (Wildman–Crippen LogP) is 2.77. The molecule has 0 spiro atoms. The molecule has 0 saturated carbocycles. The summed E-state index contributed by atoms with van der Waals surface area (Å²) in [5.74, 6) is -2.55. The van der Waals surface area contributed by atoms with Gasteiger partial charge in [0, 0.05) is 43.8 Å². The van der Waals surface area contributed by atoms with E-state index in [4.69, 9.17) is 9.84 Å². The van der Waals surface area contributed by atoms with Gasteiger partial charge in [-0.1, -0.05) is 18.2 Å². The fourth-order valence-electron chi connectivity index (χ4n) is 3.47. The molecule has 146 valence electrons. The molecule has 1 saturated heterocycles. The number of aliphatic carboxylic acids is 1. The number of carbonyl (C=O) groups is 2. The molecule has 0 aliphatic carbocycles. The Labute approximate surface area is 153 Å². The van der Waals surface area contributed by atoms with Crippen molar-refractivity contribution in [1.29, 1.82) is 0 Å². The molecular formula is C18H19F3N2O4. The monoisotopic (exact) mass is 384 g/mol. The van der Waals surface area contributed by atoms with Gasteiger partial charge >= 0.3 is 12.1 Å². The van der Waals surface area contributed by atoms with Gasteiger partial charge in [0.2, 0.25) is 0 Å². The second-order valence-electron chi connectivity index (χ2n) is 6.61. The summed E-state index contributed by atoms with van der Waals surface area (Å²) in [5.41, 5.74) is -1.90. The first-order valence-corrected chi connectivity index (χ1v) is 8.37. The van der Waals surface area contributed by atoms with Gasteiger partial charge < -0.3 is 19.3 Å². The van der Waals surface area contributed by atoms with E-state index in [1.54, 1.807) is 36.1 Å². The fourth-order valence-corrected chi connectivity index (χ4v) is 3.47. The highest BCUT2D eigenvalue weighted by Gasteiger charge is 2.64. The molecule has 27 heavy (non-hydrogen) atoms. The van der Waals surface area contributed by atoms with Crippen LogP contribution in [0.25, 0.3) is 10.9 Å². The van der Waals surface area contributed by atoms with E-state index in [1.807, 2.05) is 6.07 Å². The van der Waals surface area contributed by atoms with Gasteiger partial charge in [-0.25, -0.2) is 0 Å². The predicted molar refractivity (Wildman–Crippen MR) is 90.5 cm³/mol. The maximum Gasteiger partial charge on any atom is 0.406 e. The van der Waals surface area contributed by atoms with Crippen LogP contribution in [0.5, 0.6) is 0 Å². The summed E-state index contributed by atoms with van der Waals surface area (Å²) in [6, 6.07) is 7.06. The van der Waals surface area contributed by atoms with Crippen molar-refractivity contribution in [2.24, 2.45) is 5.41 Å². The van der Waals surface area contributed by atoms with Gasteiger partial charge in [-0.2, -0.15) is 13.2 Å². The first-order valence-electron chi connectivity index (χ1n) is 8.37. The minimum absolute atomic E-state index is 0.255. The Morgan fingerprint density at radius 3 is 2.59 bits per heavy atom. The fraction of sp³-hybridized carbons (Fsp3) is 0.444. The van der Waals surface area contributed by atoms with E-state index < -0.39 is 36.4 Å². The molecule has 2 heterocycles. The average molecular weight is 384 g/mol. The molecule has 1 fully saturated rings. The number of carboxylic acids is 1. The SMILES string of the molecule is COCCn1cc(C(=O)N2CCC(C(=O)O)(C(F)(F)F)C2)c2ccccc21. The Kier molecular flexibility index (Phi) is 4.90. The van der Waals surface area contributed by atoms with E-state index in [1.165, 1.54) is 0 Å². The molecule has 1 aliphatic rings. The zero-order valence-corrected chi connectivity index (χ0v) is 14.6. The van der Waals surface area contributed by atoms with Crippen LogP contribution in [0, 0.1) is 5.41 Å². The number of nitrogens with zero attached hydrogens (tertiary/aromatic N) is 2. The van der Waals surface area contributed by atoms with E-state index in [-0.39, 0.29) is 12.1 Å². The number of carbonyl (C=O) groups excluding carboxylic acids is 1. The zero-order chi connectivity index (χ0) is 19.8. The quantitative estimate of drug-likeness (QED) is 0.861. The van der Waals surface area contributed by atoms with E-state index in [2.05, 4.69) is 0 Å². The summed E-state index contributed by atoms with van der Waals surface area (Å²) < 4.78 is 46.9. The van der Waals surface area contributed by atoms with Crippen LogP contribution in [0.4, 0.5) is 13.2 Å². The summed E-state index contributed by atoms with van der Waals surface area (Å²) in [6.07, 6.45) is -4.00. The van der Waals surface area contributed by atoms with Gasteiger partial charge in [0.1, 0.15) is 0 Å². The summed E-state index contributed by atoms with van der Waals surface area (Å²) >= 11 is 0. The van der Waals surface area contributed by atoms with Crippen molar-refractivity contribution in [3.8, 4) is 0 Å². The number of aromatic nitrogens is 1. The summed E-state index contributed by atoms with van der Waals surface area (Å²) in [5, 5.41) is 9.78. The summed E-state index contributed by atoms with van der Waals surface area (Å²) in [6.45, 7) is -0.261. The van der Waals surface area contributed by atoms with Crippen LogP contribution < -0.4 is 0 Å². The molecule has 3 rings (SSSR count). The van der Waals surface area contributed by atoms with Crippen LogP contribution in [0.15, 0.2) is 30.5 Å². The highest BCUT2D eigenvalue weighted by atomic mass is 19.4. The number of alkyl halides is 3. The van der Waals surface area contributed by atoms with Crippen molar-refractivity contribution >= 4 is 22.8 Å². The van der Waals surface area contributed by atoms with Crippen LogP contribution in [0.3, 0.4) is 0 Å².